The van der Waals surface area contributed by atoms with Gasteiger partial charge in [0.1, 0.15) is 12.4 Å². The van der Waals surface area contributed by atoms with Gasteiger partial charge in [0, 0.05) is 43.3 Å². The third-order valence-electron chi connectivity index (χ3n) is 5.48. The van der Waals surface area contributed by atoms with Gasteiger partial charge in [0.05, 0.1) is 10.6 Å². The molecule has 0 saturated carbocycles. The van der Waals surface area contributed by atoms with Crippen LogP contribution in [-0.4, -0.2) is 46.5 Å². The first-order chi connectivity index (χ1) is 14.3. The van der Waals surface area contributed by atoms with Crippen LogP contribution in [-0.2, 0) is 11.3 Å². The number of para-hydroxylation sites is 1. The van der Waals surface area contributed by atoms with Crippen molar-refractivity contribution in [1.82, 2.24) is 14.5 Å². The van der Waals surface area contributed by atoms with Gasteiger partial charge in [-0.25, -0.2) is 4.98 Å². The Morgan fingerprint density at radius 1 is 0.966 bits per heavy atom. The van der Waals surface area contributed by atoms with Gasteiger partial charge >= 0.3 is 0 Å². The summed E-state index contributed by atoms with van der Waals surface area (Å²) in [5.74, 6) is 1.15. The molecule has 1 amide bonds. The quantitative estimate of drug-likeness (QED) is 0.516. The summed E-state index contributed by atoms with van der Waals surface area (Å²) in [6.45, 7) is 3.44. The third-order valence-corrected chi connectivity index (χ3v) is 6.38. The fourth-order valence-corrected chi connectivity index (χ4v) is 4.72. The van der Waals surface area contributed by atoms with Gasteiger partial charge in [0.25, 0.3) is 0 Å². The van der Waals surface area contributed by atoms with E-state index in [0.717, 1.165) is 43.2 Å². The molecule has 5 nitrogen and oxygen atoms in total. The molecule has 3 aromatic heterocycles. The van der Waals surface area contributed by atoms with Crippen LogP contribution >= 0.6 is 11.3 Å². The summed E-state index contributed by atoms with van der Waals surface area (Å²) in [6, 6.07) is 20.6. The molecular formula is C23H22N4OS. The highest BCUT2D eigenvalue weighted by molar-refractivity contribution is 7.13. The van der Waals surface area contributed by atoms with Crippen LogP contribution in [0.25, 0.3) is 21.5 Å². The Bertz CT molecular complexity index is 1110. The van der Waals surface area contributed by atoms with Crippen LogP contribution in [0.2, 0.25) is 0 Å². The van der Waals surface area contributed by atoms with Crippen LogP contribution in [0.15, 0.2) is 72.2 Å². The van der Waals surface area contributed by atoms with Gasteiger partial charge in [-0.15, -0.1) is 11.3 Å². The second kappa shape index (κ2) is 7.72. The summed E-state index contributed by atoms with van der Waals surface area (Å²) in [5, 5.41) is 3.25. The number of fused-ring (bicyclic) bond motifs is 1. The lowest BCUT2D eigenvalue weighted by Crippen LogP contribution is -2.49. The molecule has 5 rings (SSSR count). The fourth-order valence-electron chi connectivity index (χ4n) is 3.97. The molecule has 6 heteroatoms. The molecule has 0 N–H and O–H groups in total. The van der Waals surface area contributed by atoms with Gasteiger partial charge in [-0.05, 0) is 35.7 Å². The van der Waals surface area contributed by atoms with E-state index in [9.17, 15) is 4.79 Å². The summed E-state index contributed by atoms with van der Waals surface area (Å²) >= 11 is 1.71. The lowest BCUT2D eigenvalue weighted by molar-refractivity contribution is -0.132. The number of piperazine rings is 1. The fraction of sp³-hybridized carbons (Fsp3) is 0.217. The van der Waals surface area contributed by atoms with Crippen molar-refractivity contribution in [3.05, 3.63) is 72.2 Å². The topological polar surface area (TPSA) is 41.4 Å². The van der Waals surface area contributed by atoms with Crippen LogP contribution in [0.4, 0.5) is 5.82 Å². The second-order valence-electron chi connectivity index (χ2n) is 7.21. The molecule has 1 aliphatic rings. The van der Waals surface area contributed by atoms with E-state index in [0.29, 0.717) is 6.54 Å². The second-order valence-corrected chi connectivity index (χ2v) is 8.16. The first-order valence-electron chi connectivity index (χ1n) is 9.85. The van der Waals surface area contributed by atoms with E-state index in [1.807, 2.05) is 41.4 Å². The first-order valence-corrected chi connectivity index (χ1v) is 10.7. The molecule has 0 radical (unpaired) electrons. The van der Waals surface area contributed by atoms with Crippen LogP contribution < -0.4 is 4.90 Å². The lowest BCUT2D eigenvalue weighted by atomic mass is 10.2. The monoisotopic (exact) mass is 402 g/mol. The van der Waals surface area contributed by atoms with Crippen LogP contribution in [0, 0.1) is 0 Å². The zero-order valence-electron chi connectivity index (χ0n) is 16.1. The molecule has 0 spiro atoms. The highest BCUT2D eigenvalue weighted by Gasteiger charge is 2.23. The average Bonchev–Trinajstić information content (AvgIpc) is 3.43. The van der Waals surface area contributed by atoms with Gasteiger partial charge in [0.15, 0.2) is 0 Å². The predicted octanol–water partition coefficient (Wildman–Crippen LogP) is 4.11. The highest BCUT2D eigenvalue weighted by Crippen LogP contribution is 2.31. The molecule has 4 aromatic rings. The molecular weight excluding hydrogens is 380 g/mol. The number of amides is 1. The molecule has 0 atom stereocenters. The standard InChI is InChI=1S/C23H22N4OS/c28-23(26-13-11-25(12-14-26)22-9-3-4-10-24-22)17-27-19-7-2-1-6-18(19)16-20(27)21-8-5-15-29-21/h1-10,15-16H,11-14,17H2. The number of nitrogens with zero attached hydrogens (tertiary/aromatic N) is 4. The molecule has 0 bridgehead atoms. The summed E-state index contributed by atoms with van der Waals surface area (Å²) in [7, 11) is 0. The van der Waals surface area contributed by atoms with E-state index in [1.54, 1.807) is 11.3 Å². The summed E-state index contributed by atoms with van der Waals surface area (Å²) < 4.78 is 2.16. The predicted molar refractivity (Wildman–Crippen MR) is 118 cm³/mol. The van der Waals surface area contributed by atoms with Crippen molar-refractivity contribution in [2.45, 2.75) is 6.54 Å². The van der Waals surface area contributed by atoms with Crippen molar-refractivity contribution in [3.8, 4) is 10.6 Å². The number of hydrogen-bond donors (Lipinski definition) is 0. The number of benzene rings is 1. The van der Waals surface area contributed by atoms with Crippen molar-refractivity contribution in [3.63, 3.8) is 0 Å². The Balaban J connectivity index is 1.35. The maximum Gasteiger partial charge on any atom is 0.242 e. The molecule has 1 aromatic carbocycles. The van der Waals surface area contributed by atoms with Crippen molar-refractivity contribution < 1.29 is 4.79 Å². The summed E-state index contributed by atoms with van der Waals surface area (Å²) in [6.07, 6.45) is 1.82. The number of carbonyl (C=O) groups is 1. The lowest BCUT2D eigenvalue weighted by Gasteiger charge is -2.35. The van der Waals surface area contributed by atoms with E-state index in [2.05, 4.69) is 50.2 Å². The molecule has 1 fully saturated rings. The maximum atomic E-state index is 13.1. The largest absolute Gasteiger partial charge is 0.353 e. The zero-order chi connectivity index (χ0) is 19.6. The number of rotatable bonds is 4. The highest BCUT2D eigenvalue weighted by atomic mass is 32.1. The summed E-state index contributed by atoms with van der Waals surface area (Å²) in [4.78, 5) is 23.0. The number of carbonyl (C=O) groups excluding carboxylic acids is 1. The first kappa shape index (κ1) is 17.9. The van der Waals surface area contributed by atoms with Gasteiger partial charge in [-0.1, -0.05) is 30.3 Å². The van der Waals surface area contributed by atoms with Gasteiger partial charge in [0.2, 0.25) is 5.91 Å². The van der Waals surface area contributed by atoms with Crippen molar-refractivity contribution in [2.24, 2.45) is 0 Å². The van der Waals surface area contributed by atoms with Gasteiger partial charge < -0.3 is 14.4 Å². The summed E-state index contributed by atoms with van der Waals surface area (Å²) in [5.41, 5.74) is 2.22. The number of pyridine rings is 1. The van der Waals surface area contributed by atoms with E-state index < -0.39 is 0 Å². The molecule has 0 unspecified atom stereocenters. The maximum absolute atomic E-state index is 13.1. The SMILES string of the molecule is O=C(Cn1c(-c2cccs2)cc2ccccc21)N1CCN(c2ccccn2)CC1. The third kappa shape index (κ3) is 3.51. The Labute approximate surface area is 173 Å². The molecule has 4 heterocycles. The van der Waals surface area contributed by atoms with Crippen LogP contribution in [0.5, 0.6) is 0 Å². The number of hydrogen-bond acceptors (Lipinski definition) is 4. The Morgan fingerprint density at radius 2 is 1.79 bits per heavy atom. The normalized spacial score (nSPS) is 14.5. The van der Waals surface area contributed by atoms with Gasteiger partial charge in [-0.2, -0.15) is 0 Å². The van der Waals surface area contributed by atoms with Crippen LogP contribution in [0.1, 0.15) is 0 Å². The van der Waals surface area contributed by atoms with E-state index in [4.69, 9.17) is 0 Å². The zero-order valence-corrected chi connectivity index (χ0v) is 16.9. The Kier molecular flexibility index (Phi) is 4.77. The number of anilines is 1. The molecule has 29 heavy (non-hydrogen) atoms. The molecule has 1 aliphatic heterocycles. The van der Waals surface area contributed by atoms with Crippen LogP contribution in [0.3, 0.4) is 0 Å². The molecule has 1 saturated heterocycles. The van der Waals surface area contributed by atoms with Crippen molar-refractivity contribution in [1.29, 1.82) is 0 Å². The molecule has 0 aliphatic carbocycles. The van der Waals surface area contributed by atoms with E-state index in [1.165, 1.54) is 10.3 Å². The minimum absolute atomic E-state index is 0.171. The van der Waals surface area contributed by atoms with Gasteiger partial charge in [-0.3, -0.25) is 4.79 Å². The van der Waals surface area contributed by atoms with Crippen molar-refractivity contribution >= 4 is 34.0 Å². The van der Waals surface area contributed by atoms with E-state index >= 15 is 0 Å². The van der Waals surface area contributed by atoms with E-state index in [-0.39, 0.29) is 5.91 Å². The number of aromatic nitrogens is 2. The minimum atomic E-state index is 0.171. The minimum Gasteiger partial charge on any atom is -0.353 e. The Morgan fingerprint density at radius 3 is 2.55 bits per heavy atom. The smallest absolute Gasteiger partial charge is 0.242 e. The molecule has 146 valence electrons. The van der Waals surface area contributed by atoms with Crippen molar-refractivity contribution in [2.75, 3.05) is 31.1 Å². The Hall–Kier alpha value is -3.12. The average molecular weight is 403 g/mol. The number of thiophene rings is 1.